The Labute approximate surface area is 216 Å². The van der Waals surface area contributed by atoms with Crippen molar-refractivity contribution in [3.63, 3.8) is 0 Å². The van der Waals surface area contributed by atoms with Crippen LogP contribution in [0.25, 0.3) is 0 Å². The molecule has 1 aliphatic heterocycles. The molecule has 10 nitrogen and oxygen atoms in total. The summed E-state index contributed by atoms with van der Waals surface area (Å²) in [5, 5.41) is 2.65. The lowest BCUT2D eigenvalue weighted by molar-refractivity contribution is -0.116. The van der Waals surface area contributed by atoms with Crippen molar-refractivity contribution in [1.29, 1.82) is 0 Å². The summed E-state index contributed by atoms with van der Waals surface area (Å²) in [5.41, 5.74) is 1.80. The molecule has 0 unspecified atom stereocenters. The number of rotatable bonds is 8. The minimum absolute atomic E-state index is 0.0100. The van der Waals surface area contributed by atoms with E-state index in [9.17, 15) is 21.6 Å². The molecule has 0 bridgehead atoms. The second-order valence-corrected chi connectivity index (χ2v) is 12.0. The van der Waals surface area contributed by atoms with Crippen molar-refractivity contribution < 1.29 is 31.1 Å². The Kier molecular flexibility index (Phi) is 7.32. The average Bonchev–Trinajstić information content (AvgIpc) is 2.85. The van der Waals surface area contributed by atoms with Crippen molar-refractivity contribution in [3.05, 3.63) is 72.3 Å². The van der Waals surface area contributed by atoms with Gasteiger partial charge in [0.2, 0.25) is 15.9 Å². The standard InChI is InChI=1S/C25H27N3O7S2/c1-17-6-4-5-7-22(17)27-37(32,33)21-11-8-19(9-12-21)26-25(29)18(2)28(36(3,30)31)20-10-13-23-24(16-20)35-15-14-34-23/h4-13,16,18,27H,14-15H2,1-3H3,(H,26,29)/t18-/m0/s1. The number of hydrogen-bond donors (Lipinski definition) is 2. The summed E-state index contributed by atoms with van der Waals surface area (Å²) in [5.74, 6) is 0.280. The molecule has 1 amide bonds. The summed E-state index contributed by atoms with van der Waals surface area (Å²) in [6, 6.07) is 16.1. The van der Waals surface area contributed by atoms with E-state index in [0.29, 0.717) is 36.1 Å². The van der Waals surface area contributed by atoms with Gasteiger partial charge in [0, 0.05) is 11.8 Å². The second-order valence-electron chi connectivity index (χ2n) is 8.50. The van der Waals surface area contributed by atoms with Gasteiger partial charge in [0.1, 0.15) is 19.3 Å². The van der Waals surface area contributed by atoms with Gasteiger partial charge in [0.25, 0.3) is 10.0 Å². The SMILES string of the molecule is Cc1ccccc1NS(=O)(=O)c1ccc(NC(=O)[C@H](C)N(c2ccc3c(c2)OCCO3)S(C)(=O)=O)cc1. The van der Waals surface area contributed by atoms with E-state index in [-0.39, 0.29) is 10.6 Å². The summed E-state index contributed by atoms with van der Waals surface area (Å²) in [6.07, 6.45) is 1.01. The van der Waals surface area contributed by atoms with Crippen LogP contribution in [0.15, 0.2) is 71.6 Å². The fraction of sp³-hybridized carbons (Fsp3) is 0.240. The fourth-order valence-electron chi connectivity index (χ4n) is 3.83. The molecule has 0 radical (unpaired) electrons. The molecule has 1 atom stereocenters. The number of ether oxygens (including phenoxy) is 2. The van der Waals surface area contributed by atoms with Gasteiger partial charge < -0.3 is 14.8 Å². The Bertz CT molecular complexity index is 1520. The molecule has 4 rings (SSSR count). The fourth-order valence-corrected chi connectivity index (χ4v) is 6.13. The lowest BCUT2D eigenvalue weighted by atomic mass is 10.2. The highest BCUT2D eigenvalue weighted by Gasteiger charge is 2.30. The van der Waals surface area contributed by atoms with Gasteiger partial charge in [-0.1, -0.05) is 18.2 Å². The third kappa shape index (κ3) is 5.97. The molecule has 0 aromatic heterocycles. The zero-order valence-corrected chi connectivity index (χ0v) is 22.1. The molecule has 196 valence electrons. The summed E-state index contributed by atoms with van der Waals surface area (Å²) < 4.78 is 65.3. The Morgan fingerprint density at radius 3 is 2.22 bits per heavy atom. The lowest BCUT2D eigenvalue weighted by Gasteiger charge is -2.29. The molecule has 37 heavy (non-hydrogen) atoms. The number of aryl methyl sites for hydroxylation is 1. The molecular formula is C25H27N3O7S2. The van der Waals surface area contributed by atoms with Crippen LogP contribution in [-0.4, -0.2) is 48.3 Å². The van der Waals surface area contributed by atoms with Crippen LogP contribution in [0.2, 0.25) is 0 Å². The van der Waals surface area contributed by atoms with Crippen molar-refractivity contribution in [2.24, 2.45) is 0 Å². The highest BCUT2D eigenvalue weighted by molar-refractivity contribution is 7.92. The first-order valence-electron chi connectivity index (χ1n) is 11.3. The van der Waals surface area contributed by atoms with E-state index in [0.717, 1.165) is 16.1 Å². The van der Waals surface area contributed by atoms with E-state index < -0.39 is 32.0 Å². The van der Waals surface area contributed by atoms with Crippen molar-refractivity contribution in [1.82, 2.24) is 0 Å². The first kappa shape index (κ1) is 26.3. The van der Waals surface area contributed by atoms with Gasteiger partial charge in [-0.15, -0.1) is 0 Å². The number of fused-ring (bicyclic) bond motifs is 1. The molecule has 3 aromatic carbocycles. The normalized spacial score (nSPS) is 13.9. The topological polar surface area (TPSA) is 131 Å². The highest BCUT2D eigenvalue weighted by Crippen LogP contribution is 2.35. The number of nitrogens with zero attached hydrogens (tertiary/aromatic N) is 1. The van der Waals surface area contributed by atoms with Gasteiger partial charge in [0.05, 0.1) is 22.5 Å². The van der Waals surface area contributed by atoms with Crippen molar-refractivity contribution >= 4 is 43.0 Å². The third-order valence-corrected chi connectivity index (χ3v) is 8.31. The molecular weight excluding hydrogens is 518 g/mol. The lowest BCUT2D eigenvalue weighted by Crippen LogP contribution is -2.45. The Hall–Kier alpha value is -3.77. The predicted octanol–water partition coefficient (Wildman–Crippen LogP) is 3.36. The molecule has 1 aliphatic rings. The Balaban J connectivity index is 1.51. The predicted molar refractivity (Wildman–Crippen MR) is 141 cm³/mol. The van der Waals surface area contributed by atoms with E-state index in [2.05, 4.69) is 10.0 Å². The molecule has 0 fully saturated rings. The maximum Gasteiger partial charge on any atom is 0.261 e. The second kappa shape index (κ2) is 10.3. The molecule has 0 aliphatic carbocycles. The van der Waals surface area contributed by atoms with E-state index >= 15 is 0 Å². The van der Waals surface area contributed by atoms with Crippen LogP contribution in [0.5, 0.6) is 11.5 Å². The number of carbonyl (C=O) groups is 1. The van der Waals surface area contributed by atoms with Gasteiger partial charge in [-0.3, -0.25) is 13.8 Å². The molecule has 1 heterocycles. The quantitative estimate of drug-likeness (QED) is 0.444. The Morgan fingerprint density at radius 2 is 1.57 bits per heavy atom. The van der Waals surface area contributed by atoms with Crippen LogP contribution in [0.4, 0.5) is 17.1 Å². The largest absolute Gasteiger partial charge is 0.486 e. The number of para-hydroxylation sites is 1. The van der Waals surface area contributed by atoms with Crippen LogP contribution in [-0.2, 0) is 24.8 Å². The van der Waals surface area contributed by atoms with Crippen molar-refractivity contribution in [2.45, 2.75) is 24.8 Å². The average molecular weight is 546 g/mol. The first-order valence-corrected chi connectivity index (χ1v) is 14.7. The van der Waals surface area contributed by atoms with Crippen LogP contribution in [0.1, 0.15) is 12.5 Å². The maximum atomic E-state index is 13.0. The Morgan fingerprint density at radius 1 is 0.919 bits per heavy atom. The van der Waals surface area contributed by atoms with E-state index in [1.54, 1.807) is 37.3 Å². The van der Waals surface area contributed by atoms with Gasteiger partial charge in [-0.2, -0.15) is 0 Å². The van der Waals surface area contributed by atoms with Crippen molar-refractivity contribution in [3.8, 4) is 11.5 Å². The summed E-state index contributed by atoms with van der Waals surface area (Å²) in [7, 11) is -7.70. The number of carbonyl (C=O) groups excluding carboxylic acids is 1. The minimum Gasteiger partial charge on any atom is -0.486 e. The number of hydrogen-bond acceptors (Lipinski definition) is 7. The molecule has 3 aromatic rings. The molecule has 0 saturated carbocycles. The van der Waals surface area contributed by atoms with E-state index in [1.807, 2.05) is 6.07 Å². The molecule has 2 N–H and O–H groups in total. The first-order chi connectivity index (χ1) is 17.5. The monoisotopic (exact) mass is 545 g/mol. The van der Waals surface area contributed by atoms with E-state index in [1.165, 1.54) is 37.3 Å². The zero-order valence-electron chi connectivity index (χ0n) is 20.5. The van der Waals surface area contributed by atoms with Crippen LogP contribution in [0.3, 0.4) is 0 Å². The van der Waals surface area contributed by atoms with Gasteiger partial charge in [-0.25, -0.2) is 16.8 Å². The smallest absolute Gasteiger partial charge is 0.261 e. The number of anilines is 3. The van der Waals surface area contributed by atoms with Gasteiger partial charge >= 0.3 is 0 Å². The maximum absolute atomic E-state index is 13.0. The number of sulfonamides is 2. The highest BCUT2D eigenvalue weighted by atomic mass is 32.2. The summed E-state index contributed by atoms with van der Waals surface area (Å²) in [6.45, 7) is 3.97. The zero-order chi connectivity index (χ0) is 26.8. The number of benzene rings is 3. The molecule has 0 saturated heterocycles. The van der Waals surface area contributed by atoms with Crippen LogP contribution in [0, 0.1) is 6.92 Å². The minimum atomic E-state index is -3.85. The van der Waals surface area contributed by atoms with Crippen LogP contribution < -0.4 is 23.8 Å². The summed E-state index contributed by atoms with van der Waals surface area (Å²) in [4.78, 5) is 13.0. The summed E-state index contributed by atoms with van der Waals surface area (Å²) >= 11 is 0. The van der Waals surface area contributed by atoms with Crippen LogP contribution >= 0.6 is 0 Å². The van der Waals surface area contributed by atoms with Gasteiger partial charge in [-0.05, 0) is 61.9 Å². The van der Waals surface area contributed by atoms with Gasteiger partial charge in [0.15, 0.2) is 11.5 Å². The molecule has 0 spiro atoms. The third-order valence-electron chi connectivity index (χ3n) is 5.69. The number of nitrogens with one attached hydrogen (secondary N) is 2. The number of amides is 1. The van der Waals surface area contributed by atoms with Crippen molar-refractivity contribution in [2.75, 3.05) is 33.8 Å². The molecule has 12 heteroatoms. The van der Waals surface area contributed by atoms with E-state index in [4.69, 9.17) is 9.47 Å².